The first-order chi connectivity index (χ1) is 29.5. The van der Waals surface area contributed by atoms with Crippen molar-refractivity contribution in [2.24, 2.45) is 17.8 Å². The Balaban J connectivity index is 2.23. The molecule has 0 heterocycles. The van der Waals surface area contributed by atoms with E-state index in [0.717, 1.165) is 50.5 Å². The molecule has 0 aliphatic heterocycles. The molecule has 0 fully saturated rings. The molecule has 0 radical (unpaired) electrons. The minimum atomic E-state index is -2.90. The minimum absolute atomic E-state index is 0.0254. The highest BCUT2D eigenvalue weighted by Gasteiger charge is 2.51. The monoisotopic (exact) mass is 856 g/mol. The lowest BCUT2D eigenvalue weighted by Gasteiger charge is -2.45. The fourth-order valence-electron chi connectivity index (χ4n) is 8.53. The lowest BCUT2D eigenvalue weighted by Crippen LogP contribution is -2.67. The van der Waals surface area contributed by atoms with Crippen molar-refractivity contribution in [3.05, 3.63) is 109 Å². The number of ether oxygens (including phenoxy) is 5. The van der Waals surface area contributed by atoms with Gasteiger partial charge in [0.25, 0.3) is 8.32 Å². The summed E-state index contributed by atoms with van der Waals surface area (Å²) in [5.41, 5.74) is 1.14. The van der Waals surface area contributed by atoms with Crippen molar-refractivity contribution in [2.45, 2.75) is 163 Å². The van der Waals surface area contributed by atoms with Gasteiger partial charge in [0.2, 0.25) is 0 Å². The van der Waals surface area contributed by atoms with Crippen molar-refractivity contribution >= 4 is 18.7 Å². The Morgan fingerprint density at radius 1 is 0.623 bits per heavy atom. The predicted octanol–water partition coefficient (Wildman–Crippen LogP) is 12.2. The topological polar surface area (TPSA) is 79.2 Å². The predicted molar refractivity (Wildman–Crippen MR) is 254 cm³/mol. The zero-order chi connectivity index (χ0) is 44.4. The zero-order valence-electron chi connectivity index (χ0n) is 39.4. The summed E-state index contributed by atoms with van der Waals surface area (Å²) in [6.07, 6.45) is 13.4. The highest BCUT2D eigenvalue weighted by Crippen LogP contribution is 2.39. The van der Waals surface area contributed by atoms with E-state index >= 15 is 0 Å². The number of unbranched alkanes of at least 4 members (excludes halogenated alkanes) is 6. The Morgan fingerprint density at radius 2 is 1.16 bits per heavy atom. The van der Waals surface area contributed by atoms with Crippen molar-refractivity contribution in [1.82, 2.24) is 0 Å². The summed E-state index contributed by atoms with van der Waals surface area (Å²) in [4.78, 5) is 0. The van der Waals surface area contributed by atoms with Crippen LogP contribution in [0.2, 0.25) is 5.04 Å². The Hall–Kier alpha value is -3.13. The van der Waals surface area contributed by atoms with Crippen molar-refractivity contribution in [3.8, 4) is 6.07 Å². The van der Waals surface area contributed by atoms with Gasteiger partial charge in [-0.05, 0) is 73.3 Å². The van der Waals surface area contributed by atoms with Crippen molar-refractivity contribution < 1.29 is 28.1 Å². The quantitative estimate of drug-likeness (QED) is 0.0268. The molecular weight excluding hydrogens is 775 g/mol. The van der Waals surface area contributed by atoms with Crippen molar-refractivity contribution in [2.75, 3.05) is 26.4 Å². The van der Waals surface area contributed by atoms with Crippen LogP contribution in [0.4, 0.5) is 0 Å². The van der Waals surface area contributed by atoms with Crippen LogP contribution in [0.1, 0.15) is 132 Å². The van der Waals surface area contributed by atoms with Crippen LogP contribution in [0.5, 0.6) is 0 Å². The molecule has 0 spiro atoms. The molecular formula is C53H81NO6Si. The van der Waals surface area contributed by atoms with Gasteiger partial charge in [0.1, 0.15) is 0 Å². The first kappa shape index (κ1) is 52.2. The SMILES string of the molecule is CCCCCCC[C@@H](CO[Si](c1ccccc1)(c1ccccc1)C(C)(C)C)[C@H](COC(C)OCC)[C@@H](/C=C/[C@H](CCCCC)OCc1ccccc1)C(C#N)OC(C)OCC. The zero-order valence-corrected chi connectivity index (χ0v) is 40.4. The average Bonchev–Trinajstić information content (AvgIpc) is 3.26. The summed E-state index contributed by atoms with van der Waals surface area (Å²) in [6.45, 7) is 21.7. The van der Waals surface area contributed by atoms with Crippen molar-refractivity contribution in [1.29, 1.82) is 5.26 Å². The van der Waals surface area contributed by atoms with Gasteiger partial charge >= 0.3 is 0 Å². The van der Waals surface area contributed by atoms with Gasteiger partial charge in [0.15, 0.2) is 18.7 Å². The third kappa shape index (κ3) is 17.5. The van der Waals surface area contributed by atoms with Crippen LogP contribution in [0.15, 0.2) is 103 Å². The summed E-state index contributed by atoms with van der Waals surface area (Å²) in [5.74, 6) is -0.496. The van der Waals surface area contributed by atoms with E-state index < -0.39 is 27.0 Å². The molecule has 0 aliphatic rings. The average molecular weight is 856 g/mol. The third-order valence-corrected chi connectivity index (χ3v) is 16.8. The Morgan fingerprint density at radius 3 is 1.72 bits per heavy atom. The van der Waals surface area contributed by atoms with Crippen LogP contribution >= 0.6 is 0 Å². The Labute approximate surface area is 372 Å². The molecule has 0 amide bonds. The van der Waals surface area contributed by atoms with Gasteiger partial charge in [-0.25, -0.2) is 0 Å². The van der Waals surface area contributed by atoms with Gasteiger partial charge in [0.05, 0.1) is 25.4 Å². The summed E-state index contributed by atoms with van der Waals surface area (Å²) < 4.78 is 39.5. The molecule has 0 aromatic heterocycles. The lowest BCUT2D eigenvalue weighted by atomic mass is 9.76. The maximum Gasteiger partial charge on any atom is 0.261 e. The summed E-state index contributed by atoms with van der Waals surface area (Å²) in [6, 6.07) is 34.7. The largest absolute Gasteiger partial charge is 0.407 e. The fourth-order valence-corrected chi connectivity index (χ4v) is 13.2. The molecule has 338 valence electrons. The first-order valence-corrected chi connectivity index (χ1v) is 25.4. The molecule has 3 rings (SSSR count). The van der Waals surface area contributed by atoms with E-state index in [1.54, 1.807) is 0 Å². The smallest absolute Gasteiger partial charge is 0.261 e. The standard InChI is InChI=1S/C53H81NO6Si/c1-10-14-16-17-24-31-46(41-59-61(53(7,8)9,48-33-25-19-26-34-48)49-35-27-20-28-36-49)51(42-57-43(5)55-12-3)50(52(39-54)60-44(6)56-13-4)38-37-47(32-21-15-11-2)58-40-45-29-22-18-23-30-45/h18-20,22-23,25-30,33-38,43-44,46-47,50-52H,10-17,21,24,31-32,40-42H2,1-9H3/b38-37+/t43?,44?,46-,47-,50+,51-,52?/m0/s1. The van der Waals surface area contributed by atoms with E-state index in [-0.39, 0.29) is 28.9 Å². The second-order valence-electron chi connectivity index (χ2n) is 17.5. The maximum absolute atomic E-state index is 11.0. The normalized spacial score (nSPS) is 15.8. The van der Waals surface area contributed by atoms with Gasteiger partial charge in [0, 0.05) is 25.7 Å². The fraction of sp³-hybridized carbons (Fsp3) is 0.604. The lowest BCUT2D eigenvalue weighted by molar-refractivity contribution is -0.170. The Bertz CT molecular complexity index is 1570. The molecule has 0 bridgehead atoms. The number of rotatable bonds is 32. The molecule has 8 heteroatoms. The summed E-state index contributed by atoms with van der Waals surface area (Å²) in [7, 11) is -2.90. The van der Waals surface area contributed by atoms with Crippen LogP contribution in [0.3, 0.4) is 0 Å². The van der Waals surface area contributed by atoms with Crippen LogP contribution in [-0.2, 0) is 34.7 Å². The summed E-state index contributed by atoms with van der Waals surface area (Å²) >= 11 is 0. The molecule has 3 aromatic carbocycles. The highest BCUT2D eigenvalue weighted by molar-refractivity contribution is 6.99. The number of hydrogen-bond donors (Lipinski definition) is 0. The molecule has 0 saturated heterocycles. The van der Waals surface area contributed by atoms with Crippen LogP contribution < -0.4 is 10.4 Å². The van der Waals surface area contributed by atoms with Crippen LogP contribution in [0, 0.1) is 29.1 Å². The molecule has 3 unspecified atom stereocenters. The third-order valence-electron chi connectivity index (χ3n) is 11.8. The molecule has 0 aliphatic carbocycles. The van der Waals surface area contributed by atoms with E-state index in [4.69, 9.17) is 28.1 Å². The highest BCUT2D eigenvalue weighted by atomic mass is 28.4. The van der Waals surface area contributed by atoms with Gasteiger partial charge in [-0.2, -0.15) is 5.26 Å². The minimum Gasteiger partial charge on any atom is -0.407 e. The first-order valence-electron chi connectivity index (χ1n) is 23.5. The molecule has 0 N–H and O–H groups in total. The van der Waals surface area contributed by atoms with Gasteiger partial charge < -0.3 is 28.1 Å². The molecule has 61 heavy (non-hydrogen) atoms. The molecule has 7 atom stereocenters. The molecule has 3 aromatic rings. The van der Waals surface area contributed by atoms with Gasteiger partial charge in [-0.3, -0.25) is 0 Å². The van der Waals surface area contributed by atoms with Crippen LogP contribution in [0.25, 0.3) is 0 Å². The van der Waals surface area contributed by atoms with E-state index in [9.17, 15) is 5.26 Å². The van der Waals surface area contributed by atoms with E-state index in [1.165, 1.54) is 29.6 Å². The number of benzene rings is 3. The maximum atomic E-state index is 11.0. The number of hydrogen-bond acceptors (Lipinski definition) is 7. The van der Waals surface area contributed by atoms with E-state index in [0.29, 0.717) is 33.0 Å². The van der Waals surface area contributed by atoms with E-state index in [2.05, 4.69) is 138 Å². The summed E-state index contributed by atoms with van der Waals surface area (Å²) in [5, 5.41) is 13.4. The van der Waals surface area contributed by atoms with Gasteiger partial charge in [-0.15, -0.1) is 0 Å². The van der Waals surface area contributed by atoms with Gasteiger partial charge in [-0.1, -0.05) is 189 Å². The molecule has 7 nitrogen and oxygen atoms in total. The van der Waals surface area contributed by atoms with E-state index in [1.807, 2.05) is 33.8 Å². The second kappa shape index (κ2) is 29.3. The number of nitriles is 1. The number of nitrogens with zero attached hydrogens (tertiary/aromatic N) is 1. The molecule has 0 saturated carbocycles. The van der Waals surface area contributed by atoms with Crippen molar-refractivity contribution in [3.63, 3.8) is 0 Å². The van der Waals surface area contributed by atoms with Crippen LogP contribution in [-0.4, -0.2) is 59.5 Å². The second-order valence-corrected chi connectivity index (χ2v) is 21.8. The Kier molecular flexibility index (Phi) is 25.1.